The molecule has 0 aromatic heterocycles. The van der Waals surface area contributed by atoms with Gasteiger partial charge >= 0.3 is 0 Å². The Bertz CT molecular complexity index is 41.5. The highest BCUT2D eigenvalue weighted by Crippen LogP contribution is 1.73. The Morgan fingerprint density at radius 1 is 0.778 bits per heavy atom. The number of carbonyl (C=O) groups excluding carboxylic acids is 2. The van der Waals surface area contributed by atoms with E-state index in [-0.39, 0.29) is 0 Å². The third kappa shape index (κ3) is 418. The maximum absolute atomic E-state index is 8.00. The fourth-order valence-corrected chi connectivity index (χ4v) is 0. The zero-order valence-corrected chi connectivity index (χ0v) is 6.68. The second kappa shape index (κ2) is 10.3. The molecule has 56 valence electrons. The summed E-state index contributed by atoms with van der Waals surface area (Å²) in [5, 5.41) is 0. The van der Waals surface area contributed by atoms with E-state index in [1.165, 1.54) is 0 Å². The van der Waals surface area contributed by atoms with E-state index in [1.54, 1.807) is 0 Å². The van der Waals surface area contributed by atoms with Gasteiger partial charge in [-0.2, -0.15) is 0 Å². The molecule has 0 aliphatic rings. The lowest BCUT2D eigenvalue weighted by Crippen LogP contribution is -2.27. The smallest absolute Gasteiger partial charge is 0.106 e. The van der Waals surface area contributed by atoms with Crippen molar-refractivity contribution >= 4 is 13.6 Å². The fraction of sp³-hybridized carbons (Fsp3) is 0.667. The van der Waals surface area contributed by atoms with Crippen molar-refractivity contribution in [1.82, 2.24) is 0 Å². The number of nitrogens with zero attached hydrogens (tertiary/aromatic N) is 1. The van der Waals surface area contributed by atoms with Crippen LogP contribution in [0.1, 0.15) is 0 Å². The minimum absolute atomic E-state index is 1.00. The SMILES string of the molecule is C=O.C=O.C[N+](C)(C)C. The summed E-state index contributed by atoms with van der Waals surface area (Å²) in [4.78, 5) is 16.0. The van der Waals surface area contributed by atoms with Gasteiger partial charge < -0.3 is 14.1 Å². The average Bonchev–Trinajstić information content (AvgIpc) is 1.72. The van der Waals surface area contributed by atoms with E-state index < -0.39 is 0 Å². The molecule has 0 aromatic carbocycles. The summed E-state index contributed by atoms with van der Waals surface area (Å²) in [6, 6.07) is 0. The first-order valence-corrected chi connectivity index (χ1v) is 2.37. The molecule has 9 heavy (non-hydrogen) atoms. The third-order valence-electron chi connectivity index (χ3n) is 0. The van der Waals surface area contributed by atoms with Gasteiger partial charge in [-0.3, -0.25) is 0 Å². The minimum atomic E-state index is 1.00. The first-order chi connectivity index (χ1) is 4.00. The lowest BCUT2D eigenvalue weighted by Gasteiger charge is -2.14. The molecule has 0 saturated carbocycles. The van der Waals surface area contributed by atoms with Crippen LogP contribution in [-0.4, -0.2) is 46.3 Å². The molecule has 0 amide bonds. The molecule has 0 rings (SSSR count). The van der Waals surface area contributed by atoms with Gasteiger partial charge in [0.1, 0.15) is 13.6 Å². The van der Waals surface area contributed by atoms with Crippen molar-refractivity contribution in [2.45, 2.75) is 0 Å². The van der Waals surface area contributed by atoms with Crippen molar-refractivity contribution in [2.24, 2.45) is 0 Å². The van der Waals surface area contributed by atoms with E-state index in [4.69, 9.17) is 9.59 Å². The second-order valence-corrected chi connectivity index (χ2v) is 2.68. The van der Waals surface area contributed by atoms with E-state index in [0.717, 1.165) is 4.48 Å². The van der Waals surface area contributed by atoms with Gasteiger partial charge in [0.2, 0.25) is 0 Å². The Labute approximate surface area is 56.9 Å². The molecule has 0 N–H and O–H groups in total. The van der Waals surface area contributed by atoms with Crippen LogP contribution in [0.2, 0.25) is 0 Å². The van der Waals surface area contributed by atoms with E-state index in [9.17, 15) is 0 Å². The van der Waals surface area contributed by atoms with Gasteiger partial charge in [-0.25, -0.2) is 0 Å². The van der Waals surface area contributed by atoms with Gasteiger partial charge in [-0.15, -0.1) is 0 Å². The zero-order chi connectivity index (χ0) is 8.50. The molecule has 3 heteroatoms. The fourth-order valence-electron chi connectivity index (χ4n) is 0. The predicted octanol–water partition coefficient (Wildman–Crippen LogP) is -0.0474. The Hall–Kier alpha value is -0.700. The van der Waals surface area contributed by atoms with Crippen LogP contribution in [0.25, 0.3) is 0 Å². The third-order valence-corrected chi connectivity index (χ3v) is 0. The van der Waals surface area contributed by atoms with Crippen LogP contribution in [-0.2, 0) is 9.59 Å². The van der Waals surface area contributed by atoms with Crippen LogP contribution in [0.5, 0.6) is 0 Å². The standard InChI is InChI=1S/C4H12N.2CH2O/c1-5(2,3)4;2*1-2/h1-4H3;2*1H2/q+1;;. The lowest BCUT2D eigenvalue weighted by atomic mass is 10.8. The lowest BCUT2D eigenvalue weighted by molar-refractivity contribution is -0.849. The molecule has 3 nitrogen and oxygen atoms in total. The van der Waals surface area contributed by atoms with Gasteiger partial charge in [0.25, 0.3) is 0 Å². The van der Waals surface area contributed by atoms with Crippen LogP contribution in [0, 0.1) is 0 Å². The van der Waals surface area contributed by atoms with Crippen molar-refractivity contribution in [3.8, 4) is 0 Å². The number of rotatable bonds is 0. The van der Waals surface area contributed by atoms with Gasteiger partial charge in [-0.05, 0) is 0 Å². The van der Waals surface area contributed by atoms with Crippen molar-refractivity contribution < 1.29 is 14.1 Å². The highest BCUT2D eigenvalue weighted by molar-refractivity contribution is 5.11. The molecule has 0 spiro atoms. The van der Waals surface area contributed by atoms with Crippen LogP contribution < -0.4 is 0 Å². The second-order valence-electron chi connectivity index (χ2n) is 2.68. The molecule has 0 atom stereocenters. The summed E-state index contributed by atoms with van der Waals surface area (Å²) in [5.41, 5.74) is 0. The highest BCUT2D eigenvalue weighted by atomic mass is 16.1. The Kier molecular flexibility index (Phi) is 18.0. The van der Waals surface area contributed by atoms with Crippen LogP contribution >= 0.6 is 0 Å². The minimum Gasteiger partial charge on any atom is -0.333 e. The molecular formula is C6H16NO2+. The van der Waals surface area contributed by atoms with E-state index >= 15 is 0 Å². The Balaban J connectivity index is -0.0000000771. The van der Waals surface area contributed by atoms with Crippen LogP contribution in [0.4, 0.5) is 0 Å². The molecule has 0 aliphatic heterocycles. The Morgan fingerprint density at radius 3 is 0.778 bits per heavy atom. The van der Waals surface area contributed by atoms with Gasteiger partial charge in [0, 0.05) is 0 Å². The quantitative estimate of drug-likeness (QED) is 0.435. The van der Waals surface area contributed by atoms with Crippen molar-refractivity contribution in [3.63, 3.8) is 0 Å². The largest absolute Gasteiger partial charge is 0.333 e. The van der Waals surface area contributed by atoms with Crippen molar-refractivity contribution in [3.05, 3.63) is 0 Å². The first kappa shape index (κ1) is 15.7. The van der Waals surface area contributed by atoms with Crippen molar-refractivity contribution in [1.29, 1.82) is 0 Å². The van der Waals surface area contributed by atoms with Gasteiger partial charge in [0.05, 0.1) is 28.2 Å². The molecule has 0 aromatic rings. The topological polar surface area (TPSA) is 34.1 Å². The highest BCUT2D eigenvalue weighted by Gasteiger charge is 1.88. The Morgan fingerprint density at radius 2 is 0.778 bits per heavy atom. The number of carbonyl (C=O) groups is 2. The van der Waals surface area contributed by atoms with E-state index in [2.05, 4.69) is 28.2 Å². The number of hydrogen-bond acceptors (Lipinski definition) is 2. The molecular weight excluding hydrogens is 118 g/mol. The number of quaternary nitrogens is 1. The molecule has 0 fully saturated rings. The van der Waals surface area contributed by atoms with Gasteiger partial charge in [-0.1, -0.05) is 0 Å². The van der Waals surface area contributed by atoms with Crippen LogP contribution in [0.3, 0.4) is 0 Å². The molecule has 0 unspecified atom stereocenters. The molecule has 0 heterocycles. The summed E-state index contributed by atoms with van der Waals surface area (Å²) in [6.07, 6.45) is 0. The molecule has 0 aliphatic carbocycles. The summed E-state index contributed by atoms with van der Waals surface area (Å²) >= 11 is 0. The predicted molar refractivity (Wildman–Crippen MR) is 38.2 cm³/mol. The maximum Gasteiger partial charge on any atom is 0.106 e. The van der Waals surface area contributed by atoms with E-state index in [1.807, 2.05) is 13.6 Å². The zero-order valence-electron chi connectivity index (χ0n) is 6.68. The van der Waals surface area contributed by atoms with Gasteiger partial charge in [0.15, 0.2) is 0 Å². The van der Waals surface area contributed by atoms with Crippen molar-refractivity contribution in [2.75, 3.05) is 28.2 Å². The first-order valence-electron chi connectivity index (χ1n) is 2.37. The number of hydrogen-bond donors (Lipinski definition) is 0. The summed E-state index contributed by atoms with van der Waals surface area (Å²) < 4.78 is 1.00. The molecule has 0 bridgehead atoms. The monoisotopic (exact) mass is 134 g/mol. The summed E-state index contributed by atoms with van der Waals surface area (Å²) in [7, 11) is 8.50. The van der Waals surface area contributed by atoms with E-state index in [0.29, 0.717) is 0 Å². The molecule has 0 saturated heterocycles. The normalized spacial score (nSPS) is 7.56. The maximum atomic E-state index is 8.00. The molecule has 0 radical (unpaired) electrons. The van der Waals surface area contributed by atoms with Crippen LogP contribution in [0.15, 0.2) is 0 Å². The summed E-state index contributed by atoms with van der Waals surface area (Å²) in [5.74, 6) is 0. The summed E-state index contributed by atoms with van der Waals surface area (Å²) in [6.45, 7) is 4.00. The average molecular weight is 134 g/mol.